The summed E-state index contributed by atoms with van der Waals surface area (Å²) < 4.78 is 0. The first-order valence-electron chi connectivity index (χ1n) is 7.15. The Balaban J connectivity index is 1.83. The summed E-state index contributed by atoms with van der Waals surface area (Å²) in [6, 6.07) is 0. The fourth-order valence-corrected chi connectivity index (χ4v) is 4.66. The molecular formula is C14H26N2O. The number of unbranched alkanes of at least 4 members (excludes halogenated alkanes) is 1. The number of rotatable bonds is 3. The lowest BCUT2D eigenvalue weighted by Gasteiger charge is -2.68. The maximum absolute atomic E-state index is 10.6. The molecule has 4 bridgehead atoms. The van der Waals surface area contributed by atoms with Crippen LogP contribution in [0, 0.1) is 10.8 Å². The van der Waals surface area contributed by atoms with E-state index >= 15 is 0 Å². The van der Waals surface area contributed by atoms with Crippen molar-refractivity contribution in [2.24, 2.45) is 10.8 Å². The number of piperidine rings is 2. The van der Waals surface area contributed by atoms with Gasteiger partial charge in [-0.15, -0.1) is 0 Å². The van der Waals surface area contributed by atoms with E-state index in [1.165, 1.54) is 19.3 Å². The zero-order valence-electron chi connectivity index (χ0n) is 11.4. The molecule has 0 aromatic rings. The summed E-state index contributed by atoms with van der Waals surface area (Å²) in [6.07, 6.45) is 4.46. The lowest BCUT2D eigenvalue weighted by molar-refractivity contribution is -0.252. The largest absolute Gasteiger partial charge is 0.392 e. The van der Waals surface area contributed by atoms with Gasteiger partial charge in [0.05, 0.1) is 12.3 Å². The second-order valence-corrected chi connectivity index (χ2v) is 7.14. The van der Waals surface area contributed by atoms with E-state index in [0.29, 0.717) is 6.17 Å². The van der Waals surface area contributed by atoms with E-state index in [1.54, 1.807) is 0 Å². The molecule has 4 heterocycles. The van der Waals surface area contributed by atoms with Gasteiger partial charge in [-0.2, -0.15) is 0 Å². The van der Waals surface area contributed by atoms with Gasteiger partial charge >= 0.3 is 0 Å². The van der Waals surface area contributed by atoms with Gasteiger partial charge in [-0.05, 0) is 6.42 Å². The number of nitrogens with zero attached hydrogens (tertiary/aromatic N) is 2. The molecule has 0 radical (unpaired) electrons. The molecule has 4 aliphatic heterocycles. The van der Waals surface area contributed by atoms with Gasteiger partial charge in [0.25, 0.3) is 0 Å². The Hall–Kier alpha value is -0.120. The second-order valence-electron chi connectivity index (χ2n) is 7.14. The predicted molar refractivity (Wildman–Crippen MR) is 68.7 cm³/mol. The van der Waals surface area contributed by atoms with E-state index < -0.39 is 0 Å². The first-order valence-corrected chi connectivity index (χ1v) is 7.15. The number of aliphatic hydroxyl groups excluding tert-OH is 1. The monoisotopic (exact) mass is 238 g/mol. The fourth-order valence-electron chi connectivity index (χ4n) is 4.66. The first-order chi connectivity index (χ1) is 7.98. The summed E-state index contributed by atoms with van der Waals surface area (Å²) in [5.41, 5.74) is 0.210. The van der Waals surface area contributed by atoms with Crippen LogP contribution in [0.3, 0.4) is 0 Å². The van der Waals surface area contributed by atoms with Crippen LogP contribution in [0.2, 0.25) is 0 Å². The average molecular weight is 238 g/mol. The van der Waals surface area contributed by atoms with Gasteiger partial charge in [0.15, 0.2) is 0 Å². The van der Waals surface area contributed by atoms with Gasteiger partial charge in [0.1, 0.15) is 0 Å². The molecule has 4 rings (SSSR count). The maximum atomic E-state index is 10.6. The highest BCUT2D eigenvalue weighted by molar-refractivity contribution is 5.12. The van der Waals surface area contributed by atoms with Crippen LogP contribution in [-0.2, 0) is 0 Å². The molecule has 17 heavy (non-hydrogen) atoms. The molecule has 0 saturated carbocycles. The van der Waals surface area contributed by atoms with E-state index in [9.17, 15) is 5.11 Å². The molecule has 4 fully saturated rings. The van der Waals surface area contributed by atoms with Crippen LogP contribution in [0.4, 0.5) is 0 Å². The van der Waals surface area contributed by atoms with Crippen LogP contribution in [0.25, 0.3) is 0 Å². The highest BCUT2D eigenvalue weighted by Crippen LogP contribution is 2.51. The van der Waals surface area contributed by atoms with Crippen molar-refractivity contribution in [3.63, 3.8) is 0 Å². The van der Waals surface area contributed by atoms with E-state index in [0.717, 1.165) is 26.2 Å². The van der Waals surface area contributed by atoms with Gasteiger partial charge in [-0.1, -0.05) is 33.6 Å². The topological polar surface area (TPSA) is 26.7 Å². The van der Waals surface area contributed by atoms with Gasteiger partial charge in [0, 0.05) is 37.0 Å². The number of hydrogen-bond acceptors (Lipinski definition) is 3. The van der Waals surface area contributed by atoms with Crippen LogP contribution in [0.15, 0.2) is 0 Å². The summed E-state index contributed by atoms with van der Waals surface area (Å²) in [7, 11) is 0. The van der Waals surface area contributed by atoms with Crippen LogP contribution in [0.1, 0.15) is 40.0 Å². The third-order valence-corrected chi connectivity index (χ3v) is 5.24. The van der Waals surface area contributed by atoms with Crippen LogP contribution < -0.4 is 0 Å². The van der Waals surface area contributed by atoms with E-state index in [-0.39, 0.29) is 16.9 Å². The van der Waals surface area contributed by atoms with Crippen molar-refractivity contribution >= 4 is 0 Å². The zero-order valence-corrected chi connectivity index (χ0v) is 11.4. The maximum Gasteiger partial charge on any atom is 0.0696 e. The van der Waals surface area contributed by atoms with Crippen molar-refractivity contribution in [2.45, 2.75) is 52.3 Å². The minimum absolute atomic E-state index is 0.105. The SMILES string of the molecule is CCCCC1N2CC3(C)CN1CC(C)(C2)C3O. The minimum Gasteiger partial charge on any atom is -0.392 e. The Morgan fingerprint density at radius 2 is 1.53 bits per heavy atom. The Kier molecular flexibility index (Phi) is 2.59. The molecule has 0 atom stereocenters. The minimum atomic E-state index is -0.116. The molecule has 3 nitrogen and oxygen atoms in total. The Labute approximate surface area is 105 Å². The molecule has 4 aliphatic rings. The van der Waals surface area contributed by atoms with Gasteiger partial charge in [0.2, 0.25) is 0 Å². The quantitative estimate of drug-likeness (QED) is 0.807. The molecule has 1 N–H and O–H groups in total. The highest BCUT2D eigenvalue weighted by Gasteiger charge is 2.61. The van der Waals surface area contributed by atoms with Crippen molar-refractivity contribution in [2.75, 3.05) is 26.2 Å². The molecule has 0 aromatic carbocycles. The molecule has 0 aromatic heterocycles. The standard InChI is InChI=1S/C14H26N2O/c1-4-5-6-11-15-7-13(2)8-16(11)10-14(3,9-15)12(13)17/h11-12,17H,4-10H2,1-3H3. The van der Waals surface area contributed by atoms with Crippen molar-refractivity contribution in [1.29, 1.82) is 0 Å². The first kappa shape index (κ1) is 11.9. The van der Waals surface area contributed by atoms with Crippen LogP contribution in [0.5, 0.6) is 0 Å². The van der Waals surface area contributed by atoms with Gasteiger partial charge in [-0.25, -0.2) is 0 Å². The summed E-state index contributed by atoms with van der Waals surface area (Å²) in [4.78, 5) is 5.27. The van der Waals surface area contributed by atoms with E-state index in [4.69, 9.17) is 0 Å². The molecule has 4 saturated heterocycles. The average Bonchev–Trinajstić information content (AvgIpc) is 2.23. The molecule has 0 amide bonds. The van der Waals surface area contributed by atoms with E-state index in [1.807, 2.05) is 0 Å². The third kappa shape index (κ3) is 1.59. The summed E-state index contributed by atoms with van der Waals surface area (Å²) in [6.45, 7) is 11.2. The Morgan fingerprint density at radius 1 is 1.06 bits per heavy atom. The van der Waals surface area contributed by atoms with E-state index in [2.05, 4.69) is 30.6 Å². The van der Waals surface area contributed by atoms with Gasteiger partial charge < -0.3 is 5.11 Å². The van der Waals surface area contributed by atoms with Crippen molar-refractivity contribution < 1.29 is 5.11 Å². The molecule has 0 unspecified atom stereocenters. The fraction of sp³-hybridized carbons (Fsp3) is 1.00. The van der Waals surface area contributed by atoms with Crippen molar-refractivity contribution in [3.8, 4) is 0 Å². The number of hydrogen-bond donors (Lipinski definition) is 1. The van der Waals surface area contributed by atoms with Gasteiger partial charge in [-0.3, -0.25) is 9.80 Å². The molecule has 98 valence electrons. The normalized spacial score (nSPS) is 56.5. The Bertz CT molecular complexity index is 279. The molecular weight excluding hydrogens is 212 g/mol. The van der Waals surface area contributed by atoms with Crippen LogP contribution >= 0.6 is 0 Å². The lowest BCUT2D eigenvalue weighted by atomic mass is 9.60. The Morgan fingerprint density at radius 3 is 1.94 bits per heavy atom. The van der Waals surface area contributed by atoms with Crippen molar-refractivity contribution in [3.05, 3.63) is 0 Å². The smallest absolute Gasteiger partial charge is 0.0696 e. The lowest BCUT2D eigenvalue weighted by Crippen LogP contribution is -2.79. The third-order valence-electron chi connectivity index (χ3n) is 5.24. The summed E-state index contributed by atoms with van der Waals surface area (Å²) in [5.74, 6) is 0. The number of aliphatic hydroxyl groups is 1. The molecule has 0 spiro atoms. The summed E-state index contributed by atoms with van der Waals surface area (Å²) >= 11 is 0. The molecule has 3 heteroatoms. The second kappa shape index (κ2) is 3.69. The van der Waals surface area contributed by atoms with Crippen molar-refractivity contribution in [1.82, 2.24) is 9.80 Å². The zero-order chi connectivity index (χ0) is 12.3. The molecule has 0 aliphatic carbocycles. The summed E-state index contributed by atoms with van der Waals surface area (Å²) in [5, 5.41) is 10.6. The predicted octanol–water partition coefficient (Wildman–Crippen LogP) is 1.52. The highest BCUT2D eigenvalue weighted by atomic mass is 16.3. The van der Waals surface area contributed by atoms with Crippen LogP contribution in [-0.4, -0.2) is 53.4 Å².